The minimum Gasteiger partial charge on any atom is -0.490 e. The molecule has 0 fully saturated rings. The van der Waals surface area contributed by atoms with Crippen molar-refractivity contribution >= 4 is 23.2 Å². The van der Waals surface area contributed by atoms with E-state index in [0.29, 0.717) is 17.1 Å². The van der Waals surface area contributed by atoms with Crippen LogP contribution in [0.4, 0.5) is 11.4 Å². The zero-order valence-electron chi connectivity index (χ0n) is 15.3. The van der Waals surface area contributed by atoms with Gasteiger partial charge in [-0.1, -0.05) is 19.2 Å². The molecule has 7 heteroatoms. The molecule has 0 aliphatic carbocycles. The molecule has 0 saturated carbocycles. The average Bonchev–Trinajstić information content (AvgIpc) is 2.63. The van der Waals surface area contributed by atoms with Crippen LogP contribution in [0.5, 0.6) is 5.75 Å². The van der Waals surface area contributed by atoms with Crippen molar-refractivity contribution in [2.75, 3.05) is 17.2 Å². The number of anilines is 2. The summed E-state index contributed by atoms with van der Waals surface area (Å²) in [5.74, 6) is -0.436. The fourth-order valence-corrected chi connectivity index (χ4v) is 1.96. The fraction of sp³-hybridized carbons (Fsp3) is 0.200. The van der Waals surface area contributed by atoms with Crippen LogP contribution in [-0.2, 0) is 42.3 Å². The van der Waals surface area contributed by atoms with E-state index in [-0.39, 0.29) is 45.2 Å². The first-order valence-corrected chi connectivity index (χ1v) is 7.98. The molecule has 0 aliphatic heterocycles. The van der Waals surface area contributed by atoms with Gasteiger partial charge in [-0.2, -0.15) is 23.8 Å². The van der Waals surface area contributed by atoms with Gasteiger partial charge in [-0.05, 0) is 37.3 Å². The summed E-state index contributed by atoms with van der Waals surface area (Å²) in [6, 6.07) is 14.7. The van der Waals surface area contributed by atoms with Crippen LogP contribution in [0.3, 0.4) is 0 Å². The molecule has 6 nitrogen and oxygen atoms in total. The Morgan fingerprint density at radius 3 is 2.37 bits per heavy atom. The zero-order valence-corrected chi connectivity index (χ0v) is 18.1. The molecule has 27 heavy (non-hydrogen) atoms. The van der Waals surface area contributed by atoms with Gasteiger partial charge in [0, 0.05) is 38.4 Å². The van der Waals surface area contributed by atoms with Gasteiger partial charge in [0.25, 0.3) is 0 Å². The van der Waals surface area contributed by atoms with Crippen molar-refractivity contribution in [1.82, 2.24) is 0 Å². The van der Waals surface area contributed by atoms with E-state index >= 15 is 0 Å². The van der Waals surface area contributed by atoms with E-state index in [0.717, 1.165) is 5.56 Å². The summed E-state index contributed by atoms with van der Waals surface area (Å²) in [5.41, 5.74) is 0.358. The van der Waals surface area contributed by atoms with E-state index in [1.165, 1.54) is 13.0 Å². The molecular formula is C20H21N2O4Y-. The second kappa shape index (κ2) is 10.4. The van der Waals surface area contributed by atoms with Gasteiger partial charge >= 0.3 is 0 Å². The van der Waals surface area contributed by atoms with Crippen molar-refractivity contribution in [2.45, 2.75) is 19.4 Å². The Morgan fingerprint density at radius 2 is 1.81 bits per heavy atom. The molecule has 0 spiro atoms. The topological polar surface area (TPSA) is 87.7 Å². The fourth-order valence-electron chi connectivity index (χ4n) is 1.96. The average molecular weight is 442 g/mol. The van der Waals surface area contributed by atoms with Crippen molar-refractivity contribution in [3.63, 3.8) is 0 Å². The predicted octanol–water partition coefficient (Wildman–Crippen LogP) is 2.69. The molecule has 2 amide bonds. The SMILES string of the molecule is C=CC(=O)Nc1ccc(OC[C@](C)(O)C(=O)Nc2c[c-]c(C)cc2)cc1.[Y]. The Labute approximate surface area is 183 Å². The van der Waals surface area contributed by atoms with Crippen LogP contribution >= 0.6 is 0 Å². The largest absolute Gasteiger partial charge is 0.490 e. The van der Waals surface area contributed by atoms with Crippen molar-refractivity contribution < 1.29 is 52.1 Å². The molecule has 0 aromatic heterocycles. The Bertz CT molecular complexity index is 787. The van der Waals surface area contributed by atoms with E-state index in [4.69, 9.17) is 4.74 Å². The van der Waals surface area contributed by atoms with Crippen LogP contribution < -0.4 is 15.4 Å². The maximum atomic E-state index is 12.2. The van der Waals surface area contributed by atoms with Gasteiger partial charge < -0.3 is 20.5 Å². The monoisotopic (exact) mass is 442 g/mol. The smallest absolute Gasteiger partial charge is 0.248 e. The van der Waals surface area contributed by atoms with Crippen LogP contribution in [0.1, 0.15) is 12.5 Å². The summed E-state index contributed by atoms with van der Waals surface area (Å²) in [6.45, 7) is 6.41. The summed E-state index contributed by atoms with van der Waals surface area (Å²) in [6.07, 6.45) is 1.17. The van der Waals surface area contributed by atoms with Crippen LogP contribution in [-0.4, -0.2) is 29.1 Å². The Hall–Kier alpha value is -2.02. The molecule has 0 saturated heterocycles. The first kappa shape index (κ1) is 23.0. The summed E-state index contributed by atoms with van der Waals surface area (Å²) < 4.78 is 5.48. The molecule has 0 aliphatic rings. The van der Waals surface area contributed by atoms with Gasteiger partial charge in [0.15, 0.2) is 5.60 Å². The quantitative estimate of drug-likeness (QED) is 0.455. The number of ether oxygens (including phenoxy) is 1. The van der Waals surface area contributed by atoms with E-state index in [9.17, 15) is 14.7 Å². The number of carbonyl (C=O) groups excluding carboxylic acids is 2. The molecular weight excluding hydrogens is 421 g/mol. The van der Waals surface area contributed by atoms with E-state index in [1.807, 2.05) is 13.0 Å². The molecule has 1 atom stereocenters. The molecule has 3 N–H and O–H groups in total. The molecule has 0 bridgehead atoms. The third-order valence-electron chi connectivity index (χ3n) is 3.54. The Balaban J connectivity index is 0.00000364. The summed E-state index contributed by atoms with van der Waals surface area (Å²) in [5, 5.41) is 15.6. The second-order valence-electron chi connectivity index (χ2n) is 5.99. The number of carbonyl (C=O) groups is 2. The van der Waals surface area contributed by atoms with E-state index < -0.39 is 11.5 Å². The maximum absolute atomic E-state index is 12.2. The van der Waals surface area contributed by atoms with E-state index in [2.05, 4.69) is 23.3 Å². The van der Waals surface area contributed by atoms with Gasteiger partial charge in [0.05, 0.1) is 0 Å². The van der Waals surface area contributed by atoms with Crippen LogP contribution in [0.2, 0.25) is 0 Å². The number of rotatable bonds is 7. The van der Waals surface area contributed by atoms with Crippen molar-refractivity contribution in [3.8, 4) is 5.75 Å². The third kappa shape index (κ3) is 7.25. The second-order valence-corrected chi connectivity index (χ2v) is 5.99. The predicted molar refractivity (Wildman–Crippen MR) is 100 cm³/mol. The van der Waals surface area contributed by atoms with Crippen LogP contribution in [0, 0.1) is 13.0 Å². The van der Waals surface area contributed by atoms with Crippen molar-refractivity contribution in [3.05, 3.63) is 66.7 Å². The van der Waals surface area contributed by atoms with E-state index in [1.54, 1.807) is 36.4 Å². The standard InChI is InChI=1S/C20H21N2O4.Y/c1-4-18(23)21-15-9-11-17(12-10-15)26-13-20(3,25)19(24)22-16-7-5-14(2)6-8-16;/h4-5,7-12,25H,1,13H2,2-3H3,(H,21,23)(H,22,24);/q-1;/t20-;/m0./s1. The molecule has 1 radical (unpaired) electrons. The van der Waals surface area contributed by atoms with Crippen LogP contribution in [0.15, 0.2) is 55.1 Å². The van der Waals surface area contributed by atoms with Gasteiger partial charge in [-0.3, -0.25) is 9.59 Å². The molecule has 2 aromatic rings. The number of nitrogens with one attached hydrogen (secondary N) is 2. The Morgan fingerprint density at radius 1 is 1.19 bits per heavy atom. The third-order valence-corrected chi connectivity index (χ3v) is 3.54. The molecule has 139 valence electrons. The van der Waals surface area contributed by atoms with Crippen LogP contribution in [0.25, 0.3) is 0 Å². The molecule has 2 rings (SSSR count). The summed E-state index contributed by atoms with van der Waals surface area (Å²) in [4.78, 5) is 23.5. The number of benzene rings is 2. The molecule has 0 unspecified atom stereocenters. The van der Waals surface area contributed by atoms with Gasteiger partial charge in [-0.15, -0.1) is 6.07 Å². The number of amides is 2. The normalized spacial score (nSPS) is 12.1. The minimum absolute atomic E-state index is 0. The molecule has 0 heterocycles. The van der Waals surface area contributed by atoms with Gasteiger partial charge in [0.1, 0.15) is 12.4 Å². The summed E-state index contributed by atoms with van der Waals surface area (Å²) >= 11 is 0. The number of aliphatic hydroxyl groups is 1. The maximum Gasteiger partial charge on any atom is 0.248 e. The zero-order chi connectivity index (χ0) is 19.2. The number of hydrogen-bond donors (Lipinski definition) is 3. The van der Waals surface area contributed by atoms with Crippen molar-refractivity contribution in [2.24, 2.45) is 0 Å². The van der Waals surface area contributed by atoms with Crippen molar-refractivity contribution in [1.29, 1.82) is 0 Å². The first-order chi connectivity index (χ1) is 12.3. The first-order valence-electron chi connectivity index (χ1n) is 7.98. The Kier molecular flexibility index (Phi) is 8.83. The number of aryl methyl sites for hydroxylation is 1. The van der Waals surface area contributed by atoms with Gasteiger partial charge in [0.2, 0.25) is 11.8 Å². The molecule has 2 aromatic carbocycles. The van der Waals surface area contributed by atoms with Gasteiger partial charge in [-0.25, -0.2) is 0 Å². The number of hydrogen-bond acceptors (Lipinski definition) is 4. The summed E-state index contributed by atoms with van der Waals surface area (Å²) in [7, 11) is 0. The minimum atomic E-state index is -1.72.